The Bertz CT molecular complexity index is 899. The van der Waals surface area contributed by atoms with Gasteiger partial charge in [-0.15, -0.1) is 11.3 Å². The number of carbonyl (C=O) groups is 1. The molecule has 1 heterocycles. The molecule has 0 atom stereocenters. The van der Waals surface area contributed by atoms with Crippen molar-refractivity contribution in [1.82, 2.24) is 4.98 Å². The average molecular weight is 319 g/mol. The van der Waals surface area contributed by atoms with Gasteiger partial charge in [0, 0.05) is 22.1 Å². The molecule has 1 aromatic heterocycles. The fraction of sp³-hybridized carbons (Fsp3) is 0.0556. The Hall–Kier alpha value is -2.79. The van der Waals surface area contributed by atoms with Crippen molar-refractivity contribution in [3.05, 3.63) is 71.1 Å². The molecule has 4 rings (SSSR count). The van der Waals surface area contributed by atoms with Crippen LogP contribution in [0.15, 0.2) is 65.1 Å². The molecule has 0 saturated heterocycles. The number of benzene rings is 2. The van der Waals surface area contributed by atoms with E-state index in [9.17, 15) is 4.79 Å². The summed E-state index contributed by atoms with van der Waals surface area (Å²) in [6, 6.07) is 17.6. The van der Waals surface area contributed by atoms with Crippen LogP contribution in [0.1, 0.15) is 22.3 Å². The second kappa shape index (κ2) is 5.78. The number of thiazole rings is 1. The first-order valence-corrected chi connectivity index (χ1v) is 8.15. The highest BCUT2D eigenvalue weighted by atomic mass is 32.1. The molecular weight excluding hydrogens is 306 g/mol. The lowest BCUT2D eigenvalue weighted by Gasteiger charge is -1.99. The van der Waals surface area contributed by atoms with Crippen LogP contribution in [-0.2, 0) is 0 Å². The van der Waals surface area contributed by atoms with E-state index >= 15 is 0 Å². The van der Waals surface area contributed by atoms with Gasteiger partial charge in [0.15, 0.2) is 5.78 Å². The molecule has 0 amide bonds. The molecule has 0 radical (unpaired) electrons. The topological polar surface area (TPSA) is 54.4 Å². The number of nitrogens with one attached hydrogen (secondary N) is 1. The number of rotatable bonds is 3. The summed E-state index contributed by atoms with van der Waals surface area (Å²) in [5.41, 5.74) is 7.39. The van der Waals surface area contributed by atoms with Crippen LogP contribution in [-0.4, -0.2) is 16.5 Å². The highest BCUT2D eigenvalue weighted by Gasteiger charge is 2.24. The van der Waals surface area contributed by atoms with Crippen molar-refractivity contribution in [2.24, 2.45) is 5.10 Å². The summed E-state index contributed by atoms with van der Waals surface area (Å²) >= 11 is 1.50. The highest BCUT2D eigenvalue weighted by molar-refractivity contribution is 7.14. The molecule has 0 spiro atoms. The van der Waals surface area contributed by atoms with Crippen LogP contribution in [0.2, 0.25) is 0 Å². The van der Waals surface area contributed by atoms with Gasteiger partial charge < -0.3 is 0 Å². The van der Waals surface area contributed by atoms with Gasteiger partial charge in [0.2, 0.25) is 5.13 Å². The number of hydrogen-bond donors (Lipinski definition) is 1. The summed E-state index contributed by atoms with van der Waals surface area (Å²) < 4.78 is 0. The molecular formula is C18H13N3OS. The second-order valence-electron chi connectivity index (χ2n) is 5.22. The summed E-state index contributed by atoms with van der Waals surface area (Å²) in [6.45, 7) is 0. The van der Waals surface area contributed by atoms with Crippen molar-refractivity contribution < 1.29 is 4.79 Å². The first-order chi connectivity index (χ1) is 11.3. The lowest BCUT2D eigenvalue weighted by atomic mass is 10.1. The van der Waals surface area contributed by atoms with Gasteiger partial charge in [-0.2, -0.15) is 5.10 Å². The lowest BCUT2D eigenvalue weighted by molar-refractivity contribution is 0.101. The maximum atomic E-state index is 12.0. The molecule has 23 heavy (non-hydrogen) atoms. The van der Waals surface area contributed by atoms with Gasteiger partial charge in [0.05, 0.1) is 17.8 Å². The second-order valence-corrected chi connectivity index (χ2v) is 6.08. The predicted octanol–water partition coefficient (Wildman–Crippen LogP) is 4.21. The molecule has 0 fully saturated rings. The minimum atomic E-state index is 0.116. The van der Waals surface area contributed by atoms with E-state index in [-0.39, 0.29) is 5.78 Å². The Kier molecular flexibility index (Phi) is 3.48. The van der Waals surface area contributed by atoms with E-state index in [1.54, 1.807) is 0 Å². The Morgan fingerprint density at radius 3 is 2.57 bits per heavy atom. The molecule has 1 aliphatic rings. The number of aromatic nitrogens is 1. The normalized spacial score (nSPS) is 15.0. The van der Waals surface area contributed by atoms with Crippen molar-refractivity contribution >= 4 is 28.0 Å². The van der Waals surface area contributed by atoms with Gasteiger partial charge in [0.1, 0.15) is 0 Å². The smallest absolute Gasteiger partial charge is 0.203 e. The zero-order valence-corrected chi connectivity index (χ0v) is 13.0. The molecule has 1 N–H and O–H groups in total. The first-order valence-electron chi connectivity index (χ1n) is 7.27. The van der Waals surface area contributed by atoms with Gasteiger partial charge in [-0.05, 0) is 0 Å². The molecule has 112 valence electrons. The van der Waals surface area contributed by atoms with Gasteiger partial charge in [-0.25, -0.2) is 4.98 Å². The summed E-state index contributed by atoms with van der Waals surface area (Å²) in [5.74, 6) is 0.116. The van der Waals surface area contributed by atoms with Crippen LogP contribution < -0.4 is 5.43 Å². The first kappa shape index (κ1) is 13.8. The zero-order chi connectivity index (χ0) is 15.6. The number of hydrogen-bond acceptors (Lipinski definition) is 5. The van der Waals surface area contributed by atoms with Crippen LogP contribution in [0.3, 0.4) is 0 Å². The summed E-state index contributed by atoms with van der Waals surface area (Å²) in [4.78, 5) is 16.5. The van der Waals surface area contributed by atoms with Crippen molar-refractivity contribution in [3.8, 4) is 11.3 Å². The number of ketones is 1. The van der Waals surface area contributed by atoms with Gasteiger partial charge >= 0.3 is 0 Å². The number of carbonyl (C=O) groups excluding carboxylic acids is 1. The monoisotopic (exact) mass is 319 g/mol. The minimum absolute atomic E-state index is 0.116. The summed E-state index contributed by atoms with van der Waals surface area (Å²) in [5, 5.41) is 7.09. The van der Waals surface area contributed by atoms with Crippen LogP contribution in [0.5, 0.6) is 0 Å². The van der Waals surface area contributed by atoms with E-state index in [0.717, 1.165) is 28.1 Å². The van der Waals surface area contributed by atoms with Crippen LogP contribution >= 0.6 is 11.3 Å². The summed E-state index contributed by atoms with van der Waals surface area (Å²) in [6.07, 6.45) is 0.337. The summed E-state index contributed by atoms with van der Waals surface area (Å²) in [7, 11) is 0. The molecule has 0 bridgehead atoms. The van der Waals surface area contributed by atoms with Crippen molar-refractivity contribution in [2.45, 2.75) is 6.42 Å². The van der Waals surface area contributed by atoms with Gasteiger partial charge in [0.25, 0.3) is 0 Å². The Morgan fingerprint density at radius 2 is 1.74 bits per heavy atom. The van der Waals surface area contributed by atoms with Crippen LogP contribution in [0.4, 0.5) is 5.13 Å². The highest BCUT2D eigenvalue weighted by Crippen LogP contribution is 2.26. The number of Topliss-reactive ketones (excluding diaryl/α,β-unsaturated/α-hetero) is 1. The fourth-order valence-electron chi connectivity index (χ4n) is 2.60. The number of hydrazone groups is 1. The largest absolute Gasteiger partial charge is 0.294 e. The third kappa shape index (κ3) is 2.66. The van der Waals surface area contributed by atoms with E-state index in [2.05, 4.69) is 15.5 Å². The number of fused-ring (bicyclic) bond motifs is 1. The van der Waals surface area contributed by atoms with Gasteiger partial charge in [-0.1, -0.05) is 54.6 Å². The molecule has 0 saturated carbocycles. The van der Waals surface area contributed by atoms with E-state index < -0.39 is 0 Å². The van der Waals surface area contributed by atoms with Crippen molar-refractivity contribution in [2.75, 3.05) is 5.43 Å². The third-order valence-electron chi connectivity index (χ3n) is 3.73. The maximum absolute atomic E-state index is 12.0. The Morgan fingerprint density at radius 1 is 1.00 bits per heavy atom. The van der Waals surface area contributed by atoms with Gasteiger partial charge in [-0.3, -0.25) is 10.2 Å². The standard InChI is InChI=1S/C18H13N3OS/c22-17-10-15(13-8-4-5-9-14(13)17)20-21-18-19-16(11-23-18)12-6-2-1-3-7-12/h1-9,11H,10H2,(H,19,21)/b20-15+. The van der Waals surface area contributed by atoms with E-state index in [1.165, 1.54) is 11.3 Å². The predicted molar refractivity (Wildman–Crippen MR) is 93.1 cm³/mol. The maximum Gasteiger partial charge on any atom is 0.203 e. The SMILES string of the molecule is O=C1C/C(=N\Nc2nc(-c3ccccc3)cs2)c2ccccc21. The van der Waals surface area contributed by atoms with E-state index in [1.807, 2.05) is 60.0 Å². The molecule has 2 aromatic carbocycles. The number of anilines is 1. The number of nitrogens with zero attached hydrogens (tertiary/aromatic N) is 2. The van der Waals surface area contributed by atoms with Crippen molar-refractivity contribution in [1.29, 1.82) is 0 Å². The fourth-order valence-corrected chi connectivity index (χ4v) is 3.26. The molecule has 3 aromatic rings. The third-order valence-corrected chi connectivity index (χ3v) is 4.47. The molecule has 4 nitrogen and oxygen atoms in total. The minimum Gasteiger partial charge on any atom is -0.294 e. The van der Waals surface area contributed by atoms with E-state index in [4.69, 9.17) is 0 Å². The molecule has 5 heteroatoms. The lowest BCUT2D eigenvalue weighted by Crippen LogP contribution is -2.00. The quantitative estimate of drug-likeness (QED) is 0.736. The zero-order valence-electron chi connectivity index (χ0n) is 12.2. The van der Waals surface area contributed by atoms with Crippen molar-refractivity contribution in [3.63, 3.8) is 0 Å². The molecule has 0 unspecified atom stereocenters. The molecule has 1 aliphatic carbocycles. The Labute approximate surface area is 137 Å². The van der Waals surface area contributed by atoms with E-state index in [0.29, 0.717) is 11.6 Å². The Balaban J connectivity index is 1.56. The van der Waals surface area contributed by atoms with Crippen LogP contribution in [0, 0.1) is 0 Å². The average Bonchev–Trinajstić information content (AvgIpc) is 3.19. The van der Waals surface area contributed by atoms with Crippen LogP contribution in [0.25, 0.3) is 11.3 Å². The molecule has 0 aliphatic heterocycles.